The predicted molar refractivity (Wildman–Crippen MR) is 63.0 cm³/mol. The maximum absolute atomic E-state index is 5.24. The van der Waals surface area contributed by atoms with Gasteiger partial charge in [0.1, 0.15) is 5.76 Å². The molecule has 0 atom stereocenters. The van der Waals surface area contributed by atoms with Crippen LogP contribution in [0.5, 0.6) is 0 Å². The molecule has 1 N–H and O–H groups in total. The summed E-state index contributed by atoms with van der Waals surface area (Å²) >= 11 is 0. The highest BCUT2D eigenvalue weighted by atomic mass is 16.3. The minimum absolute atomic E-state index is 0.750. The van der Waals surface area contributed by atoms with Gasteiger partial charge in [0.15, 0.2) is 0 Å². The molecule has 0 bridgehead atoms. The molecule has 84 valence electrons. The Morgan fingerprint density at radius 3 is 2.75 bits per heavy atom. The van der Waals surface area contributed by atoms with Crippen molar-refractivity contribution in [1.82, 2.24) is 10.3 Å². The van der Waals surface area contributed by atoms with Crippen LogP contribution in [0.2, 0.25) is 0 Å². The Hall–Kier alpha value is -1.61. The molecule has 2 aromatic rings. The summed E-state index contributed by atoms with van der Waals surface area (Å²) in [5.74, 6) is 0.956. The summed E-state index contributed by atoms with van der Waals surface area (Å²) < 4.78 is 5.24. The lowest BCUT2D eigenvalue weighted by molar-refractivity contribution is 0.482. The molecule has 2 aromatic heterocycles. The fraction of sp³-hybridized carbons (Fsp3) is 0.308. The largest absolute Gasteiger partial charge is 0.468 e. The molecule has 2 rings (SSSR count). The molecule has 0 aliphatic rings. The molecule has 16 heavy (non-hydrogen) atoms. The highest BCUT2D eigenvalue weighted by molar-refractivity contribution is 5.21. The Morgan fingerprint density at radius 2 is 2.06 bits per heavy atom. The average molecular weight is 216 g/mol. The first kappa shape index (κ1) is 10.9. The maximum atomic E-state index is 5.24. The van der Waals surface area contributed by atoms with Gasteiger partial charge in [0, 0.05) is 17.9 Å². The molecule has 3 heteroatoms. The van der Waals surface area contributed by atoms with Crippen LogP contribution in [-0.4, -0.2) is 4.98 Å². The van der Waals surface area contributed by atoms with Crippen LogP contribution in [0.15, 0.2) is 34.9 Å². The second-order valence-corrected chi connectivity index (χ2v) is 3.88. The van der Waals surface area contributed by atoms with Crippen molar-refractivity contribution in [1.29, 1.82) is 0 Å². The van der Waals surface area contributed by atoms with E-state index in [1.807, 2.05) is 32.0 Å². The third-order valence-corrected chi connectivity index (χ3v) is 2.53. The number of hydrogen-bond acceptors (Lipinski definition) is 3. The lowest BCUT2D eigenvalue weighted by atomic mass is 10.2. The van der Waals surface area contributed by atoms with Crippen LogP contribution in [0.25, 0.3) is 0 Å². The molecular weight excluding hydrogens is 200 g/mol. The van der Waals surface area contributed by atoms with Crippen LogP contribution in [0.1, 0.15) is 22.7 Å². The van der Waals surface area contributed by atoms with Gasteiger partial charge in [-0.3, -0.25) is 4.98 Å². The van der Waals surface area contributed by atoms with Crippen molar-refractivity contribution in [3.05, 3.63) is 53.2 Å². The molecule has 2 heterocycles. The fourth-order valence-electron chi connectivity index (χ4n) is 1.64. The van der Waals surface area contributed by atoms with Gasteiger partial charge in [-0.2, -0.15) is 0 Å². The Balaban J connectivity index is 1.90. The second kappa shape index (κ2) is 4.94. The zero-order valence-electron chi connectivity index (χ0n) is 9.66. The Kier molecular flexibility index (Phi) is 3.37. The number of aromatic nitrogens is 1. The van der Waals surface area contributed by atoms with Gasteiger partial charge in [0.05, 0.1) is 12.8 Å². The minimum atomic E-state index is 0.750. The van der Waals surface area contributed by atoms with E-state index in [1.165, 1.54) is 5.56 Å². The van der Waals surface area contributed by atoms with E-state index in [0.29, 0.717) is 0 Å². The quantitative estimate of drug-likeness (QED) is 0.853. The highest BCUT2D eigenvalue weighted by Crippen LogP contribution is 2.06. The molecule has 0 fully saturated rings. The molecule has 0 aliphatic carbocycles. The number of pyridine rings is 1. The van der Waals surface area contributed by atoms with E-state index in [4.69, 9.17) is 4.42 Å². The molecule has 3 nitrogen and oxygen atoms in total. The topological polar surface area (TPSA) is 38.1 Å². The fourth-order valence-corrected chi connectivity index (χ4v) is 1.64. The summed E-state index contributed by atoms with van der Waals surface area (Å²) in [6.45, 7) is 5.62. The van der Waals surface area contributed by atoms with Gasteiger partial charge in [0.25, 0.3) is 0 Å². The molecule has 0 unspecified atom stereocenters. The van der Waals surface area contributed by atoms with E-state index in [0.717, 1.165) is 30.2 Å². The summed E-state index contributed by atoms with van der Waals surface area (Å²) in [5.41, 5.74) is 3.39. The van der Waals surface area contributed by atoms with Crippen molar-refractivity contribution in [2.45, 2.75) is 26.9 Å². The average Bonchev–Trinajstić information content (AvgIpc) is 2.74. The van der Waals surface area contributed by atoms with Gasteiger partial charge < -0.3 is 9.73 Å². The van der Waals surface area contributed by atoms with E-state index >= 15 is 0 Å². The summed E-state index contributed by atoms with van der Waals surface area (Å²) in [6.07, 6.45) is 1.69. The molecule has 0 aliphatic heterocycles. The molecule has 0 radical (unpaired) electrons. The van der Waals surface area contributed by atoms with E-state index in [9.17, 15) is 0 Å². The van der Waals surface area contributed by atoms with Crippen molar-refractivity contribution >= 4 is 0 Å². The Labute approximate surface area is 95.5 Å². The molecule has 0 saturated heterocycles. The van der Waals surface area contributed by atoms with Crippen molar-refractivity contribution in [2.75, 3.05) is 0 Å². The minimum Gasteiger partial charge on any atom is -0.468 e. The maximum Gasteiger partial charge on any atom is 0.117 e. The van der Waals surface area contributed by atoms with Gasteiger partial charge in [-0.1, -0.05) is 6.07 Å². The zero-order chi connectivity index (χ0) is 11.4. The van der Waals surface area contributed by atoms with Crippen LogP contribution in [0.3, 0.4) is 0 Å². The summed E-state index contributed by atoms with van der Waals surface area (Å²) in [7, 11) is 0. The first-order valence-corrected chi connectivity index (χ1v) is 5.42. The van der Waals surface area contributed by atoms with Crippen LogP contribution in [0.4, 0.5) is 0 Å². The Morgan fingerprint density at radius 1 is 1.19 bits per heavy atom. The van der Waals surface area contributed by atoms with Crippen molar-refractivity contribution in [3.8, 4) is 0 Å². The number of hydrogen-bond donors (Lipinski definition) is 1. The first-order chi connectivity index (χ1) is 7.75. The molecule has 0 spiro atoms. The van der Waals surface area contributed by atoms with Crippen LogP contribution < -0.4 is 5.32 Å². The summed E-state index contributed by atoms with van der Waals surface area (Å²) in [6, 6.07) is 8.02. The monoisotopic (exact) mass is 216 g/mol. The third kappa shape index (κ3) is 2.70. The van der Waals surface area contributed by atoms with Crippen molar-refractivity contribution in [3.63, 3.8) is 0 Å². The number of nitrogens with one attached hydrogen (secondary N) is 1. The molecular formula is C13H16N2O. The lowest BCUT2D eigenvalue weighted by Gasteiger charge is -2.06. The standard InChI is InChI=1S/C13H16N2O/c1-10-5-6-12(11(2)15-10)8-14-9-13-4-3-7-16-13/h3-7,14H,8-9H2,1-2H3. The summed E-state index contributed by atoms with van der Waals surface area (Å²) in [5, 5.41) is 3.33. The lowest BCUT2D eigenvalue weighted by Crippen LogP contribution is -2.13. The third-order valence-electron chi connectivity index (χ3n) is 2.53. The molecule has 0 amide bonds. The second-order valence-electron chi connectivity index (χ2n) is 3.88. The zero-order valence-corrected chi connectivity index (χ0v) is 9.66. The van der Waals surface area contributed by atoms with Crippen molar-refractivity contribution in [2.24, 2.45) is 0 Å². The van der Waals surface area contributed by atoms with Gasteiger partial charge >= 0.3 is 0 Å². The first-order valence-electron chi connectivity index (χ1n) is 5.42. The smallest absolute Gasteiger partial charge is 0.117 e. The predicted octanol–water partition coefficient (Wildman–Crippen LogP) is 2.58. The molecule has 0 aromatic carbocycles. The SMILES string of the molecule is Cc1ccc(CNCc2ccco2)c(C)n1. The van der Waals surface area contributed by atoms with E-state index in [-0.39, 0.29) is 0 Å². The van der Waals surface area contributed by atoms with Gasteiger partial charge in [-0.05, 0) is 37.6 Å². The van der Waals surface area contributed by atoms with Gasteiger partial charge in [-0.25, -0.2) is 0 Å². The van der Waals surface area contributed by atoms with Gasteiger partial charge in [-0.15, -0.1) is 0 Å². The van der Waals surface area contributed by atoms with Crippen LogP contribution >= 0.6 is 0 Å². The number of rotatable bonds is 4. The van der Waals surface area contributed by atoms with E-state index in [1.54, 1.807) is 6.26 Å². The highest BCUT2D eigenvalue weighted by Gasteiger charge is 2.00. The Bertz CT molecular complexity index is 449. The van der Waals surface area contributed by atoms with E-state index in [2.05, 4.69) is 16.4 Å². The van der Waals surface area contributed by atoms with Crippen LogP contribution in [-0.2, 0) is 13.1 Å². The van der Waals surface area contributed by atoms with Crippen molar-refractivity contribution < 1.29 is 4.42 Å². The normalized spacial score (nSPS) is 10.6. The number of aryl methyl sites for hydroxylation is 2. The summed E-state index contributed by atoms with van der Waals surface area (Å²) in [4.78, 5) is 4.43. The number of nitrogens with zero attached hydrogens (tertiary/aromatic N) is 1. The molecule has 0 saturated carbocycles. The van der Waals surface area contributed by atoms with E-state index < -0.39 is 0 Å². The van der Waals surface area contributed by atoms with Crippen LogP contribution in [0, 0.1) is 13.8 Å². The van der Waals surface area contributed by atoms with Gasteiger partial charge in [0.2, 0.25) is 0 Å². The number of furan rings is 1.